The number of halogens is 3. The van der Waals surface area contributed by atoms with E-state index in [9.17, 15) is 26.4 Å². The van der Waals surface area contributed by atoms with E-state index in [0.717, 1.165) is 18.5 Å². The summed E-state index contributed by atoms with van der Waals surface area (Å²) in [5, 5.41) is 3.48. The highest BCUT2D eigenvalue weighted by molar-refractivity contribution is 7.87. The Morgan fingerprint density at radius 2 is 1.86 bits per heavy atom. The lowest BCUT2D eigenvalue weighted by Crippen LogP contribution is -2.60. The third kappa shape index (κ3) is 2.94. The number of piperidine rings is 1. The van der Waals surface area contributed by atoms with Crippen molar-refractivity contribution in [3.63, 3.8) is 0 Å². The lowest BCUT2D eigenvalue weighted by atomic mass is 9.49. The molecule has 0 aromatic carbocycles. The van der Waals surface area contributed by atoms with Gasteiger partial charge in [-0.2, -0.15) is 21.6 Å². The molecule has 1 saturated carbocycles. The Morgan fingerprint density at radius 1 is 1.17 bits per heavy atom. The van der Waals surface area contributed by atoms with E-state index in [-0.39, 0.29) is 40.8 Å². The van der Waals surface area contributed by atoms with Gasteiger partial charge in [-0.15, -0.1) is 0 Å². The molecule has 0 bridgehead atoms. The molecule has 0 aromatic rings. The molecule has 4 aliphatic rings. The highest BCUT2D eigenvalue weighted by Gasteiger charge is 2.61. The van der Waals surface area contributed by atoms with Crippen molar-refractivity contribution in [2.24, 2.45) is 28.6 Å². The molecule has 6 atom stereocenters. The van der Waals surface area contributed by atoms with Gasteiger partial charge < -0.3 is 9.50 Å². The molecule has 162 valence electrons. The molecule has 1 N–H and O–H groups in total. The summed E-state index contributed by atoms with van der Waals surface area (Å²) in [6, 6.07) is 0.0295. The van der Waals surface area contributed by atoms with Crippen molar-refractivity contribution >= 4 is 15.9 Å². The first-order chi connectivity index (χ1) is 13.3. The molecule has 0 aromatic heterocycles. The van der Waals surface area contributed by atoms with Crippen LogP contribution in [-0.4, -0.2) is 25.8 Å². The minimum absolute atomic E-state index is 0.0156. The van der Waals surface area contributed by atoms with Crippen molar-refractivity contribution < 1.29 is 30.6 Å². The Hall–Kier alpha value is -1.51. The Labute approximate surface area is 168 Å². The van der Waals surface area contributed by atoms with Gasteiger partial charge in [0.25, 0.3) is 0 Å². The second-order valence-corrected chi connectivity index (χ2v) is 10.9. The van der Waals surface area contributed by atoms with Gasteiger partial charge in [0, 0.05) is 35.1 Å². The van der Waals surface area contributed by atoms with Gasteiger partial charge in [-0.05, 0) is 56.4 Å². The van der Waals surface area contributed by atoms with Crippen molar-refractivity contribution in [2.45, 2.75) is 64.4 Å². The number of carbonyl (C=O) groups is 1. The molecule has 9 heteroatoms. The largest absolute Gasteiger partial charge is 0.534 e. The smallest absolute Gasteiger partial charge is 0.385 e. The summed E-state index contributed by atoms with van der Waals surface area (Å²) < 4.78 is 66.4. The molecule has 1 aliphatic heterocycles. The molecule has 1 heterocycles. The lowest BCUT2D eigenvalue weighted by molar-refractivity contribution is -0.117. The first kappa shape index (κ1) is 20.8. The van der Waals surface area contributed by atoms with E-state index < -0.39 is 21.0 Å². The van der Waals surface area contributed by atoms with Crippen molar-refractivity contribution in [1.82, 2.24) is 5.32 Å². The summed E-state index contributed by atoms with van der Waals surface area (Å²) in [6.07, 6.45) is 6.28. The molecular formula is C20H26F3NO4S. The Bertz CT molecular complexity index is 909. The van der Waals surface area contributed by atoms with Gasteiger partial charge in [0.15, 0.2) is 5.78 Å². The van der Waals surface area contributed by atoms with Gasteiger partial charge >= 0.3 is 15.6 Å². The number of hydrogen-bond acceptors (Lipinski definition) is 5. The zero-order valence-electron chi connectivity index (χ0n) is 16.7. The number of nitrogens with one attached hydrogen (secondary N) is 1. The molecule has 1 saturated heterocycles. The fourth-order valence-corrected chi connectivity index (χ4v) is 6.90. The van der Waals surface area contributed by atoms with Crippen LogP contribution in [0.2, 0.25) is 0 Å². The molecule has 3 aliphatic carbocycles. The average Bonchev–Trinajstić information content (AvgIpc) is 2.92. The zero-order valence-corrected chi connectivity index (χ0v) is 17.5. The first-order valence-corrected chi connectivity index (χ1v) is 11.4. The normalized spacial score (nSPS) is 42.1. The highest BCUT2D eigenvalue weighted by atomic mass is 32.2. The average molecular weight is 433 g/mol. The molecule has 5 nitrogen and oxygen atoms in total. The van der Waals surface area contributed by atoms with Crippen LogP contribution in [0.25, 0.3) is 0 Å². The molecule has 4 unspecified atom stereocenters. The molecule has 4 rings (SSSR count). The molecule has 0 radical (unpaired) electrons. The number of alkyl halides is 3. The van der Waals surface area contributed by atoms with E-state index in [2.05, 4.69) is 16.4 Å². The van der Waals surface area contributed by atoms with Crippen LogP contribution in [0.4, 0.5) is 13.2 Å². The van der Waals surface area contributed by atoms with E-state index >= 15 is 0 Å². The minimum atomic E-state index is -5.68. The van der Waals surface area contributed by atoms with E-state index in [4.69, 9.17) is 0 Å². The molecular weight excluding hydrogens is 407 g/mol. The number of ketones is 1. The van der Waals surface area contributed by atoms with Gasteiger partial charge in [0.05, 0.1) is 0 Å². The number of allylic oxidation sites excluding steroid dienone is 4. The molecule has 29 heavy (non-hydrogen) atoms. The summed E-state index contributed by atoms with van der Waals surface area (Å²) in [6.45, 7) is 6.02. The first-order valence-electron chi connectivity index (χ1n) is 10.0. The Morgan fingerprint density at radius 3 is 2.52 bits per heavy atom. The zero-order chi connectivity index (χ0) is 21.4. The van der Waals surface area contributed by atoms with Crippen molar-refractivity contribution in [2.75, 3.05) is 0 Å². The van der Waals surface area contributed by atoms with Crippen LogP contribution in [0.1, 0.15) is 52.9 Å². The van der Waals surface area contributed by atoms with E-state index in [0.29, 0.717) is 19.3 Å². The maximum atomic E-state index is 12.8. The van der Waals surface area contributed by atoms with Gasteiger partial charge in [-0.25, -0.2) is 0 Å². The Balaban J connectivity index is 1.65. The predicted octanol–water partition coefficient (Wildman–Crippen LogP) is 4.03. The minimum Gasteiger partial charge on any atom is -0.385 e. The van der Waals surface area contributed by atoms with Crippen molar-refractivity contribution in [3.8, 4) is 0 Å². The Kier molecular flexibility index (Phi) is 4.47. The van der Waals surface area contributed by atoms with Crippen LogP contribution in [0.5, 0.6) is 0 Å². The van der Waals surface area contributed by atoms with Crippen LogP contribution in [-0.2, 0) is 19.1 Å². The third-order valence-corrected chi connectivity index (χ3v) is 8.88. The predicted molar refractivity (Wildman–Crippen MR) is 99.6 cm³/mol. The number of rotatable bonds is 2. The molecule has 0 amide bonds. The second-order valence-electron chi connectivity index (χ2n) is 9.41. The standard InChI is InChI=1S/C20H26F3NO4S/c1-11-17-13-4-5-16(28-29(26,27)20(21,22)23)19(13,3)9-7-14(17)18(2)8-6-12(25)10-15(18)24-11/h5,10-11,13-14,17,24H,4,6-9H2,1-3H3/t11?,13?,14?,17?,18-,19+/m1/s1. The highest BCUT2D eigenvalue weighted by Crippen LogP contribution is 2.64. The van der Waals surface area contributed by atoms with Crippen LogP contribution >= 0.6 is 0 Å². The van der Waals surface area contributed by atoms with E-state index in [1.54, 1.807) is 6.08 Å². The monoisotopic (exact) mass is 433 g/mol. The lowest BCUT2D eigenvalue weighted by Gasteiger charge is -2.59. The second kappa shape index (κ2) is 6.25. The SMILES string of the molecule is CC1NC2=CC(=O)CC[C@]2(C)C2CC[C@]3(C)C(OS(=O)(=O)C(F)(F)F)=CCC3C12. The van der Waals surface area contributed by atoms with E-state index in [1.807, 2.05) is 13.8 Å². The van der Waals surface area contributed by atoms with Gasteiger partial charge in [-0.3, -0.25) is 4.79 Å². The maximum Gasteiger partial charge on any atom is 0.534 e. The summed E-state index contributed by atoms with van der Waals surface area (Å²) in [4.78, 5) is 11.9. The van der Waals surface area contributed by atoms with Gasteiger partial charge in [0.2, 0.25) is 0 Å². The maximum absolute atomic E-state index is 12.8. The van der Waals surface area contributed by atoms with E-state index in [1.165, 1.54) is 6.08 Å². The number of carbonyl (C=O) groups excluding carboxylic acids is 1. The van der Waals surface area contributed by atoms with Gasteiger partial charge in [0.1, 0.15) is 5.76 Å². The topological polar surface area (TPSA) is 72.5 Å². The molecule has 0 spiro atoms. The van der Waals surface area contributed by atoms with Crippen LogP contribution in [0.3, 0.4) is 0 Å². The number of fused-ring (bicyclic) bond motifs is 5. The molecule has 2 fully saturated rings. The summed E-state index contributed by atoms with van der Waals surface area (Å²) in [5.41, 5.74) is -5.40. The summed E-state index contributed by atoms with van der Waals surface area (Å²) >= 11 is 0. The summed E-state index contributed by atoms with van der Waals surface area (Å²) in [5.74, 6) is 0.457. The van der Waals surface area contributed by atoms with Crippen molar-refractivity contribution in [3.05, 3.63) is 23.6 Å². The van der Waals surface area contributed by atoms with Crippen LogP contribution in [0, 0.1) is 28.6 Å². The van der Waals surface area contributed by atoms with Crippen LogP contribution < -0.4 is 5.32 Å². The number of hydrogen-bond donors (Lipinski definition) is 1. The van der Waals surface area contributed by atoms with Crippen LogP contribution in [0.15, 0.2) is 23.6 Å². The summed E-state index contributed by atoms with van der Waals surface area (Å²) in [7, 11) is -5.68. The quantitative estimate of drug-likeness (QED) is 0.526. The fraction of sp³-hybridized carbons (Fsp3) is 0.750. The third-order valence-electron chi connectivity index (χ3n) is 7.92. The van der Waals surface area contributed by atoms with Crippen molar-refractivity contribution in [1.29, 1.82) is 0 Å². The fourth-order valence-electron chi connectivity index (χ4n) is 6.31. The van der Waals surface area contributed by atoms with Gasteiger partial charge in [-0.1, -0.05) is 13.8 Å².